The lowest BCUT2D eigenvalue weighted by atomic mass is 10.2. The Bertz CT molecular complexity index is 172. The predicted molar refractivity (Wildman–Crippen MR) is 64.9 cm³/mol. The van der Waals surface area contributed by atoms with Crippen molar-refractivity contribution in [3.05, 3.63) is 0 Å². The Labute approximate surface area is 94.4 Å². The Hall–Kier alpha value is -0.570. The molecule has 0 radical (unpaired) electrons. The summed E-state index contributed by atoms with van der Waals surface area (Å²) in [6.45, 7) is 15.2. The quantitative estimate of drug-likeness (QED) is 0.700. The highest BCUT2D eigenvalue weighted by molar-refractivity contribution is 5.73. The zero-order valence-corrected chi connectivity index (χ0v) is 10.9. The SMILES string of the molecule is CC.CC(=O)N1CCN(CC(C)C)CC1. The van der Waals surface area contributed by atoms with Crippen molar-refractivity contribution >= 4 is 5.91 Å². The van der Waals surface area contributed by atoms with E-state index in [0.29, 0.717) is 0 Å². The smallest absolute Gasteiger partial charge is 0.219 e. The molecule has 90 valence electrons. The van der Waals surface area contributed by atoms with Crippen molar-refractivity contribution in [3.8, 4) is 0 Å². The van der Waals surface area contributed by atoms with E-state index in [9.17, 15) is 4.79 Å². The van der Waals surface area contributed by atoms with Crippen molar-refractivity contribution in [1.82, 2.24) is 9.80 Å². The zero-order chi connectivity index (χ0) is 11.8. The van der Waals surface area contributed by atoms with Gasteiger partial charge in [0.25, 0.3) is 0 Å². The first-order chi connectivity index (χ1) is 7.09. The molecule has 0 N–H and O–H groups in total. The number of hydrogen-bond donors (Lipinski definition) is 0. The molecule has 1 rings (SSSR count). The van der Waals surface area contributed by atoms with Crippen LogP contribution in [0.25, 0.3) is 0 Å². The van der Waals surface area contributed by atoms with Crippen molar-refractivity contribution in [3.63, 3.8) is 0 Å². The minimum Gasteiger partial charge on any atom is -0.340 e. The number of piperazine rings is 1. The first kappa shape index (κ1) is 14.4. The summed E-state index contributed by atoms with van der Waals surface area (Å²) in [6.07, 6.45) is 0. The molecule has 0 aromatic heterocycles. The van der Waals surface area contributed by atoms with Crippen molar-refractivity contribution in [2.75, 3.05) is 32.7 Å². The second-order valence-corrected chi connectivity index (χ2v) is 4.20. The van der Waals surface area contributed by atoms with Gasteiger partial charge in [-0.3, -0.25) is 9.69 Å². The zero-order valence-electron chi connectivity index (χ0n) is 10.9. The maximum atomic E-state index is 11.0. The van der Waals surface area contributed by atoms with Gasteiger partial charge in [-0.15, -0.1) is 0 Å². The van der Waals surface area contributed by atoms with Crippen molar-refractivity contribution in [2.24, 2.45) is 5.92 Å². The molecular weight excluding hydrogens is 188 g/mol. The number of nitrogens with zero attached hydrogens (tertiary/aromatic N) is 2. The summed E-state index contributed by atoms with van der Waals surface area (Å²) in [6, 6.07) is 0. The van der Waals surface area contributed by atoms with Crippen LogP contribution >= 0.6 is 0 Å². The van der Waals surface area contributed by atoms with Gasteiger partial charge in [-0.25, -0.2) is 0 Å². The summed E-state index contributed by atoms with van der Waals surface area (Å²) in [5.41, 5.74) is 0. The van der Waals surface area contributed by atoms with E-state index in [0.717, 1.165) is 38.6 Å². The van der Waals surface area contributed by atoms with Crippen LogP contribution in [-0.4, -0.2) is 48.4 Å². The first-order valence-electron chi connectivity index (χ1n) is 6.07. The molecule has 0 bridgehead atoms. The largest absolute Gasteiger partial charge is 0.340 e. The van der Waals surface area contributed by atoms with Gasteiger partial charge in [0, 0.05) is 39.6 Å². The van der Waals surface area contributed by atoms with Gasteiger partial charge >= 0.3 is 0 Å². The molecule has 0 atom stereocenters. The van der Waals surface area contributed by atoms with Gasteiger partial charge in [0.1, 0.15) is 0 Å². The monoisotopic (exact) mass is 214 g/mol. The summed E-state index contributed by atoms with van der Waals surface area (Å²) in [5, 5.41) is 0. The molecule has 1 saturated heterocycles. The average Bonchev–Trinajstić information content (AvgIpc) is 2.20. The normalized spacial score (nSPS) is 17.3. The van der Waals surface area contributed by atoms with Crippen LogP contribution in [0.4, 0.5) is 0 Å². The number of carbonyl (C=O) groups is 1. The molecule has 15 heavy (non-hydrogen) atoms. The van der Waals surface area contributed by atoms with Crippen LogP contribution in [0.1, 0.15) is 34.6 Å². The maximum absolute atomic E-state index is 11.0. The fourth-order valence-electron chi connectivity index (χ4n) is 1.76. The molecule has 0 saturated carbocycles. The van der Waals surface area contributed by atoms with Crippen LogP contribution in [0.5, 0.6) is 0 Å². The van der Waals surface area contributed by atoms with Gasteiger partial charge in [0.15, 0.2) is 0 Å². The number of rotatable bonds is 2. The summed E-state index contributed by atoms with van der Waals surface area (Å²) < 4.78 is 0. The molecule has 1 aliphatic heterocycles. The molecule has 0 aliphatic carbocycles. The molecular formula is C12H26N2O. The lowest BCUT2D eigenvalue weighted by Crippen LogP contribution is -2.48. The summed E-state index contributed by atoms with van der Waals surface area (Å²) in [4.78, 5) is 15.4. The standard InChI is InChI=1S/C10H20N2O.C2H6/c1-9(2)8-11-4-6-12(7-5-11)10(3)13;1-2/h9H,4-8H2,1-3H3;1-2H3. The van der Waals surface area contributed by atoms with E-state index < -0.39 is 0 Å². The highest BCUT2D eigenvalue weighted by atomic mass is 16.2. The van der Waals surface area contributed by atoms with E-state index in [2.05, 4.69) is 18.7 Å². The minimum absolute atomic E-state index is 0.212. The molecule has 0 unspecified atom stereocenters. The molecule has 1 aliphatic rings. The van der Waals surface area contributed by atoms with Gasteiger partial charge in [-0.1, -0.05) is 27.7 Å². The van der Waals surface area contributed by atoms with Crippen LogP contribution in [0.3, 0.4) is 0 Å². The summed E-state index contributed by atoms with van der Waals surface area (Å²) >= 11 is 0. The number of carbonyl (C=O) groups excluding carboxylic acids is 1. The van der Waals surface area contributed by atoms with E-state index in [1.54, 1.807) is 6.92 Å². The van der Waals surface area contributed by atoms with Gasteiger partial charge in [0.05, 0.1) is 0 Å². The van der Waals surface area contributed by atoms with E-state index in [1.807, 2.05) is 18.7 Å². The molecule has 0 aromatic carbocycles. The molecule has 1 amide bonds. The Morgan fingerprint density at radius 1 is 1.13 bits per heavy atom. The number of amides is 1. The average molecular weight is 214 g/mol. The molecule has 1 fully saturated rings. The van der Waals surface area contributed by atoms with Crippen LogP contribution in [-0.2, 0) is 4.79 Å². The van der Waals surface area contributed by atoms with Crippen LogP contribution < -0.4 is 0 Å². The molecule has 0 spiro atoms. The third-order valence-corrected chi connectivity index (χ3v) is 2.44. The van der Waals surface area contributed by atoms with Crippen LogP contribution in [0.15, 0.2) is 0 Å². The third kappa shape index (κ3) is 5.78. The predicted octanol–water partition coefficient (Wildman–Crippen LogP) is 1.83. The van der Waals surface area contributed by atoms with E-state index >= 15 is 0 Å². The van der Waals surface area contributed by atoms with E-state index in [-0.39, 0.29) is 5.91 Å². The number of hydrogen-bond acceptors (Lipinski definition) is 2. The Balaban J connectivity index is 0.000000921. The third-order valence-electron chi connectivity index (χ3n) is 2.44. The fourth-order valence-corrected chi connectivity index (χ4v) is 1.76. The molecule has 3 nitrogen and oxygen atoms in total. The summed E-state index contributed by atoms with van der Waals surface area (Å²) in [5.74, 6) is 0.938. The van der Waals surface area contributed by atoms with Crippen LogP contribution in [0, 0.1) is 5.92 Å². The Morgan fingerprint density at radius 2 is 1.60 bits per heavy atom. The summed E-state index contributed by atoms with van der Waals surface area (Å²) in [7, 11) is 0. The van der Waals surface area contributed by atoms with E-state index in [1.165, 1.54) is 0 Å². The van der Waals surface area contributed by atoms with Crippen molar-refractivity contribution in [2.45, 2.75) is 34.6 Å². The minimum atomic E-state index is 0.212. The highest BCUT2D eigenvalue weighted by Crippen LogP contribution is 2.04. The molecule has 0 aromatic rings. The van der Waals surface area contributed by atoms with Gasteiger partial charge in [-0.2, -0.15) is 0 Å². The second kappa shape index (κ2) is 7.69. The lowest BCUT2D eigenvalue weighted by molar-refractivity contribution is -0.130. The maximum Gasteiger partial charge on any atom is 0.219 e. The fraction of sp³-hybridized carbons (Fsp3) is 0.917. The van der Waals surface area contributed by atoms with Gasteiger partial charge in [0.2, 0.25) is 5.91 Å². The second-order valence-electron chi connectivity index (χ2n) is 4.20. The van der Waals surface area contributed by atoms with Crippen LogP contribution in [0.2, 0.25) is 0 Å². The van der Waals surface area contributed by atoms with Crippen molar-refractivity contribution in [1.29, 1.82) is 0 Å². The van der Waals surface area contributed by atoms with E-state index in [4.69, 9.17) is 0 Å². The molecule has 3 heteroatoms. The van der Waals surface area contributed by atoms with Gasteiger partial charge in [-0.05, 0) is 5.92 Å². The van der Waals surface area contributed by atoms with Gasteiger partial charge < -0.3 is 4.90 Å². The Morgan fingerprint density at radius 3 is 1.93 bits per heavy atom. The topological polar surface area (TPSA) is 23.6 Å². The van der Waals surface area contributed by atoms with Crippen molar-refractivity contribution < 1.29 is 4.79 Å². The molecule has 1 heterocycles. The Kier molecular flexibility index (Phi) is 7.39. The first-order valence-corrected chi connectivity index (χ1v) is 6.07. The lowest BCUT2D eigenvalue weighted by Gasteiger charge is -2.34. The highest BCUT2D eigenvalue weighted by Gasteiger charge is 2.18.